The lowest BCUT2D eigenvalue weighted by atomic mass is 9.90. The van der Waals surface area contributed by atoms with Crippen LogP contribution < -0.4 is 14.2 Å². The summed E-state index contributed by atoms with van der Waals surface area (Å²) in [7, 11) is 2.04. The van der Waals surface area contributed by atoms with Crippen molar-refractivity contribution in [2.24, 2.45) is 5.10 Å². The van der Waals surface area contributed by atoms with Gasteiger partial charge in [0.05, 0.1) is 18.8 Å². The molecule has 144 valence electrons. The highest BCUT2D eigenvalue weighted by Crippen LogP contribution is 2.51. The van der Waals surface area contributed by atoms with E-state index in [1.165, 1.54) is 11.3 Å². The molecule has 7 nitrogen and oxygen atoms in total. The number of fused-ring (bicyclic) bond motifs is 3. The van der Waals surface area contributed by atoms with Crippen LogP contribution in [0.3, 0.4) is 0 Å². The number of hydrogen-bond donors (Lipinski definition) is 1. The molecule has 28 heavy (non-hydrogen) atoms. The molecule has 1 unspecified atom stereocenters. The molecule has 3 aliphatic rings. The second-order valence-corrected chi connectivity index (χ2v) is 8.05. The van der Waals surface area contributed by atoms with Crippen LogP contribution in [0.15, 0.2) is 28.9 Å². The number of aromatic carboxylic acids is 1. The molecule has 5 rings (SSSR count). The molecular weight excluding hydrogens is 380 g/mol. The molecule has 8 heteroatoms. The number of carboxylic acid groups (broad SMARTS) is 1. The lowest BCUT2D eigenvalue weighted by Gasteiger charge is -2.28. The third-order valence-electron chi connectivity index (χ3n) is 5.47. The van der Waals surface area contributed by atoms with Crippen LogP contribution in [-0.2, 0) is 6.42 Å². The van der Waals surface area contributed by atoms with E-state index in [1.807, 2.05) is 13.3 Å². The molecule has 2 aromatic rings. The van der Waals surface area contributed by atoms with Gasteiger partial charge in [-0.3, -0.25) is 0 Å². The number of benzene rings is 1. The van der Waals surface area contributed by atoms with Crippen LogP contribution >= 0.6 is 11.3 Å². The minimum Gasteiger partial charge on any atom is -0.477 e. The summed E-state index contributed by atoms with van der Waals surface area (Å²) in [4.78, 5) is 12.2. The molecule has 0 spiro atoms. The summed E-state index contributed by atoms with van der Waals surface area (Å²) >= 11 is 1.18. The number of quaternary nitrogens is 1. The zero-order valence-corrected chi connectivity index (χ0v) is 16.3. The van der Waals surface area contributed by atoms with E-state index >= 15 is 0 Å². The van der Waals surface area contributed by atoms with Crippen molar-refractivity contribution in [3.63, 3.8) is 0 Å². The Labute approximate surface area is 165 Å². The molecule has 2 aliphatic heterocycles. The van der Waals surface area contributed by atoms with Gasteiger partial charge in [0.1, 0.15) is 17.2 Å². The fraction of sp³-hybridized carbons (Fsp3) is 0.300. The molecule has 1 aromatic heterocycles. The average molecular weight is 399 g/mol. The first-order chi connectivity index (χ1) is 13.5. The van der Waals surface area contributed by atoms with Gasteiger partial charge in [0, 0.05) is 11.6 Å². The Kier molecular flexibility index (Phi) is 3.75. The molecule has 0 bridgehead atoms. The van der Waals surface area contributed by atoms with Crippen LogP contribution in [0, 0.1) is 0 Å². The van der Waals surface area contributed by atoms with Gasteiger partial charge in [0.2, 0.25) is 6.79 Å². The van der Waals surface area contributed by atoms with Gasteiger partial charge in [-0.1, -0.05) is 16.4 Å². The van der Waals surface area contributed by atoms with Gasteiger partial charge >= 0.3 is 5.97 Å². The topological polar surface area (TPSA) is 77.3 Å². The first-order valence-electron chi connectivity index (χ1n) is 9.12. The maximum absolute atomic E-state index is 11.9. The van der Waals surface area contributed by atoms with Crippen molar-refractivity contribution in [2.45, 2.75) is 19.8 Å². The van der Waals surface area contributed by atoms with Gasteiger partial charge in [-0.05, 0) is 37.5 Å². The third-order valence-corrected chi connectivity index (χ3v) is 6.57. The standard InChI is InChI=1S/C20H18N2O5S/c1-3-22(2)17-11(9-21-22)4-6-13-16(17)20(28-18(13)19(23)24)27-12-5-7-14-15(8-12)26-10-25-14/h5,7-9H,3-4,6,10H2,1-2H3/p+1. The molecule has 1 aromatic carbocycles. The van der Waals surface area contributed by atoms with E-state index in [0.717, 1.165) is 35.4 Å². The van der Waals surface area contributed by atoms with E-state index in [-0.39, 0.29) is 6.79 Å². The van der Waals surface area contributed by atoms with Gasteiger partial charge < -0.3 is 19.3 Å². The van der Waals surface area contributed by atoms with Crippen molar-refractivity contribution in [2.75, 3.05) is 20.4 Å². The van der Waals surface area contributed by atoms with Crippen LogP contribution in [0.2, 0.25) is 0 Å². The smallest absolute Gasteiger partial charge is 0.346 e. The first-order valence-corrected chi connectivity index (χ1v) is 9.93. The molecule has 1 N–H and O–H groups in total. The van der Waals surface area contributed by atoms with E-state index in [4.69, 9.17) is 14.2 Å². The summed E-state index contributed by atoms with van der Waals surface area (Å²) in [5.41, 5.74) is 3.92. The highest BCUT2D eigenvalue weighted by Gasteiger charge is 2.43. The van der Waals surface area contributed by atoms with E-state index in [0.29, 0.717) is 38.2 Å². The molecule has 0 amide bonds. The third kappa shape index (κ3) is 2.45. The molecular formula is C20H19N2O5S+. The Hall–Kier alpha value is -2.84. The van der Waals surface area contributed by atoms with Gasteiger partial charge in [-0.15, -0.1) is 0 Å². The summed E-state index contributed by atoms with van der Waals surface area (Å²) in [6.45, 7) is 3.04. The Bertz CT molecular complexity index is 1070. The van der Waals surface area contributed by atoms with Gasteiger partial charge in [0.25, 0.3) is 0 Å². The highest BCUT2D eigenvalue weighted by atomic mass is 32.1. The second-order valence-electron chi connectivity index (χ2n) is 7.07. The molecule has 0 radical (unpaired) electrons. The van der Waals surface area contributed by atoms with Gasteiger partial charge in [0.15, 0.2) is 22.3 Å². The van der Waals surface area contributed by atoms with Crippen LogP contribution in [0.25, 0.3) is 5.70 Å². The predicted molar refractivity (Wildman–Crippen MR) is 104 cm³/mol. The molecule has 0 saturated carbocycles. The van der Waals surface area contributed by atoms with Crippen molar-refractivity contribution in [3.8, 4) is 22.3 Å². The first kappa shape index (κ1) is 17.3. The molecule has 1 aliphatic carbocycles. The zero-order valence-electron chi connectivity index (χ0n) is 15.5. The van der Waals surface area contributed by atoms with Crippen molar-refractivity contribution in [1.29, 1.82) is 0 Å². The molecule has 3 heterocycles. The Morgan fingerprint density at radius 1 is 1.32 bits per heavy atom. The van der Waals surface area contributed by atoms with E-state index in [9.17, 15) is 9.90 Å². The molecule has 1 atom stereocenters. The lowest BCUT2D eigenvalue weighted by Crippen LogP contribution is -2.35. The van der Waals surface area contributed by atoms with Crippen LogP contribution in [0.1, 0.15) is 34.1 Å². The number of allylic oxidation sites excluding steroid dienone is 1. The molecule has 0 fully saturated rings. The SMILES string of the molecule is CC[N+]1(C)N=CC2=C1c1c(Oc3ccc4c(c3)OCO4)sc(C(=O)O)c1CC2. The minimum atomic E-state index is -0.921. The predicted octanol–water partition coefficient (Wildman–Crippen LogP) is 4.09. The van der Waals surface area contributed by atoms with E-state index in [2.05, 4.69) is 12.0 Å². The fourth-order valence-corrected chi connectivity index (χ4v) is 4.98. The summed E-state index contributed by atoms with van der Waals surface area (Å²) in [6.07, 6.45) is 3.39. The fourth-order valence-electron chi connectivity index (χ4n) is 3.92. The number of carbonyl (C=O) groups is 1. The number of ether oxygens (including phenoxy) is 3. The monoisotopic (exact) mass is 399 g/mol. The van der Waals surface area contributed by atoms with Crippen LogP contribution in [-0.4, -0.2) is 42.3 Å². The highest BCUT2D eigenvalue weighted by molar-refractivity contribution is 7.16. The van der Waals surface area contributed by atoms with Crippen molar-refractivity contribution < 1.29 is 28.7 Å². The van der Waals surface area contributed by atoms with Crippen molar-refractivity contribution >= 4 is 29.2 Å². The minimum absolute atomic E-state index is 0.191. The quantitative estimate of drug-likeness (QED) is 0.784. The van der Waals surface area contributed by atoms with E-state index < -0.39 is 5.97 Å². The van der Waals surface area contributed by atoms with Crippen LogP contribution in [0.5, 0.6) is 22.3 Å². The summed E-state index contributed by atoms with van der Waals surface area (Å²) in [5.74, 6) is 0.967. The normalized spacial score (nSPS) is 21.6. The number of nitrogens with zero attached hydrogens (tertiary/aromatic N) is 2. The summed E-state index contributed by atoms with van der Waals surface area (Å²) in [5, 5.41) is 15.0. The lowest BCUT2D eigenvalue weighted by molar-refractivity contribution is -0.842. The van der Waals surface area contributed by atoms with Gasteiger partial charge in [-0.25, -0.2) is 4.79 Å². The maximum Gasteiger partial charge on any atom is 0.346 e. The Morgan fingerprint density at radius 3 is 2.93 bits per heavy atom. The Balaban J connectivity index is 1.63. The maximum atomic E-state index is 11.9. The summed E-state index contributed by atoms with van der Waals surface area (Å²) in [6, 6.07) is 5.37. The van der Waals surface area contributed by atoms with Crippen LogP contribution in [0.4, 0.5) is 0 Å². The number of rotatable bonds is 4. The zero-order chi connectivity index (χ0) is 19.5. The number of thiophene rings is 1. The summed E-state index contributed by atoms with van der Waals surface area (Å²) < 4.78 is 17.4. The number of hydrogen-bond acceptors (Lipinski definition) is 6. The average Bonchev–Trinajstić information content (AvgIpc) is 3.38. The number of carboxylic acids is 1. The van der Waals surface area contributed by atoms with Gasteiger partial charge in [-0.2, -0.15) is 4.59 Å². The largest absolute Gasteiger partial charge is 0.477 e. The van der Waals surface area contributed by atoms with E-state index in [1.54, 1.807) is 18.2 Å². The van der Waals surface area contributed by atoms with Crippen molar-refractivity contribution in [1.82, 2.24) is 0 Å². The molecule has 0 saturated heterocycles. The second kappa shape index (κ2) is 6.08. The van der Waals surface area contributed by atoms with Crippen molar-refractivity contribution in [3.05, 3.63) is 39.8 Å². The Morgan fingerprint density at radius 2 is 2.14 bits per heavy atom.